The normalized spacial score (nSPS) is 25.4. The number of rotatable bonds is 2. The Balaban J connectivity index is 2.26. The summed E-state index contributed by atoms with van der Waals surface area (Å²) in [4.78, 5) is 15.1. The Morgan fingerprint density at radius 3 is 2.87 bits per heavy atom. The maximum absolute atomic E-state index is 11.0. The number of allylic oxidation sites excluding steroid dienone is 2. The van der Waals surface area contributed by atoms with Crippen molar-refractivity contribution in [3.63, 3.8) is 0 Å². The SMILES string of the molecule is Cc1noc([C@@H]2CC=CC[C@@H]2C(=O)O)n1. The number of hydrogen-bond donors (Lipinski definition) is 1. The Morgan fingerprint density at radius 2 is 2.27 bits per heavy atom. The molecule has 1 heterocycles. The number of carboxylic acid groups (broad SMARTS) is 1. The van der Waals surface area contributed by atoms with Crippen molar-refractivity contribution >= 4 is 5.97 Å². The number of hydrogen-bond acceptors (Lipinski definition) is 4. The molecule has 1 aromatic rings. The molecule has 0 aromatic carbocycles. The van der Waals surface area contributed by atoms with Crippen LogP contribution in [-0.4, -0.2) is 21.2 Å². The Morgan fingerprint density at radius 1 is 1.53 bits per heavy atom. The first kappa shape index (κ1) is 9.89. The summed E-state index contributed by atoms with van der Waals surface area (Å²) in [6.07, 6.45) is 5.03. The minimum absolute atomic E-state index is 0.186. The highest BCUT2D eigenvalue weighted by molar-refractivity contribution is 5.71. The maximum atomic E-state index is 11.0. The third kappa shape index (κ3) is 1.91. The molecule has 1 aliphatic carbocycles. The number of nitrogens with zero attached hydrogens (tertiary/aromatic N) is 2. The fraction of sp³-hybridized carbons (Fsp3) is 0.500. The fourth-order valence-electron chi connectivity index (χ4n) is 1.82. The van der Waals surface area contributed by atoms with Crippen molar-refractivity contribution in [3.05, 3.63) is 23.9 Å². The molecule has 1 aromatic heterocycles. The zero-order chi connectivity index (χ0) is 10.8. The van der Waals surface area contributed by atoms with Crippen molar-refractivity contribution in [1.82, 2.24) is 10.1 Å². The molecule has 0 radical (unpaired) electrons. The van der Waals surface area contributed by atoms with E-state index in [0.717, 1.165) is 0 Å². The average molecular weight is 208 g/mol. The van der Waals surface area contributed by atoms with E-state index in [0.29, 0.717) is 24.6 Å². The molecule has 0 unspecified atom stereocenters. The second kappa shape index (κ2) is 3.84. The van der Waals surface area contributed by atoms with Gasteiger partial charge in [0.25, 0.3) is 0 Å². The minimum Gasteiger partial charge on any atom is -0.481 e. The van der Waals surface area contributed by atoms with Gasteiger partial charge in [-0.3, -0.25) is 4.79 Å². The molecule has 0 saturated heterocycles. The van der Waals surface area contributed by atoms with E-state index in [4.69, 9.17) is 9.63 Å². The summed E-state index contributed by atoms with van der Waals surface area (Å²) in [6.45, 7) is 1.72. The van der Waals surface area contributed by atoms with Gasteiger partial charge in [-0.2, -0.15) is 4.98 Å². The number of aromatic nitrogens is 2. The van der Waals surface area contributed by atoms with Crippen molar-refractivity contribution < 1.29 is 14.4 Å². The van der Waals surface area contributed by atoms with Crippen molar-refractivity contribution in [3.8, 4) is 0 Å². The van der Waals surface area contributed by atoms with Gasteiger partial charge in [-0.05, 0) is 19.8 Å². The average Bonchev–Trinajstić information content (AvgIpc) is 2.65. The maximum Gasteiger partial charge on any atom is 0.307 e. The molecule has 0 amide bonds. The fourth-order valence-corrected chi connectivity index (χ4v) is 1.82. The summed E-state index contributed by atoms with van der Waals surface area (Å²) in [7, 11) is 0. The van der Waals surface area contributed by atoms with Gasteiger partial charge in [-0.25, -0.2) is 0 Å². The largest absolute Gasteiger partial charge is 0.481 e. The lowest BCUT2D eigenvalue weighted by Gasteiger charge is -2.21. The van der Waals surface area contributed by atoms with Crippen LogP contribution in [0.5, 0.6) is 0 Å². The first-order valence-corrected chi connectivity index (χ1v) is 4.86. The lowest BCUT2D eigenvalue weighted by molar-refractivity contribution is -0.142. The summed E-state index contributed by atoms with van der Waals surface area (Å²) in [5.74, 6) is -0.461. The van der Waals surface area contributed by atoms with Crippen LogP contribution in [0.1, 0.15) is 30.5 Å². The van der Waals surface area contributed by atoms with E-state index in [1.807, 2.05) is 12.2 Å². The van der Waals surface area contributed by atoms with E-state index >= 15 is 0 Å². The van der Waals surface area contributed by atoms with Gasteiger partial charge in [-0.15, -0.1) is 0 Å². The lowest BCUT2D eigenvalue weighted by atomic mass is 9.83. The highest BCUT2D eigenvalue weighted by atomic mass is 16.5. The van der Waals surface area contributed by atoms with Crippen molar-refractivity contribution in [1.29, 1.82) is 0 Å². The van der Waals surface area contributed by atoms with Gasteiger partial charge in [0.1, 0.15) is 0 Å². The van der Waals surface area contributed by atoms with E-state index in [2.05, 4.69) is 10.1 Å². The molecule has 1 N–H and O–H groups in total. The number of carboxylic acids is 1. The monoisotopic (exact) mass is 208 g/mol. The molecule has 0 bridgehead atoms. The van der Waals surface area contributed by atoms with Crippen LogP contribution in [0.3, 0.4) is 0 Å². The molecule has 1 aliphatic rings. The predicted molar refractivity (Wildman–Crippen MR) is 51.3 cm³/mol. The molecular formula is C10H12N2O3. The van der Waals surface area contributed by atoms with Crippen LogP contribution in [0.4, 0.5) is 0 Å². The van der Waals surface area contributed by atoms with Gasteiger partial charge in [0.15, 0.2) is 5.82 Å². The van der Waals surface area contributed by atoms with Crippen LogP contribution in [0.15, 0.2) is 16.7 Å². The lowest BCUT2D eigenvalue weighted by Crippen LogP contribution is -2.23. The summed E-state index contributed by atoms with van der Waals surface area (Å²) >= 11 is 0. The molecule has 80 valence electrons. The Kier molecular flexibility index (Phi) is 2.53. The molecule has 5 nitrogen and oxygen atoms in total. The van der Waals surface area contributed by atoms with E-state index in [1.54, 1.807) is 6.92 Å². The van der Waals surface area contributed by atoms with E-state index < -0.39 is 11.9 Å². The standard InChI is InChI=1S/C10H12N2O3/c1-6-11-9(15-12-6)7-4-2-3-5-8(7)10(13)14/h2-3,7-8H,4-5H2,1H3,(H,13,14)/t7-,8+/m1/s1. The zero-order valence-corrected chi connectivity index (χ0v) is 8.38. The number of aliphatic carboxylic acids is 1. The van der Waals surface area contributed by atoms with Crippen LogP contribution < -0.4 is 0 Å². The Bertz CT molecular complexity index is 397. The molecule has 0 aliphatic heterocycles. The Hall–Kier alpha value is -1.65. The van der Waals surface area contributed by atoms with Gasteiger partial charge in [0.2, 0.25) is 5.89 Å². The quantitative estimate of drug-likeness (QED) is 0.745. The van der Waals surface area contributed by atoms with E-state index in [-0.39, 0.29) is 5.92 Å². The highest BCUT2D eigenvalue weighted by Crippen LogP contribution is 2.33. The highest BCUT2D eigenvalue weighted by Gasteiger charge is 2.33. The molecule has 2 atom stereocenters. The van der Waals surface area contributed by atoms with E-state index in [1.165, 1.54) is 0 Å². The van der Waals surface area contributed by atoms with Crippen LogP contribution in [-0.2, 0) is 4.79 Å². The summed E-state index contributed by atoms with van der Waals surface area (Å²) in [5.41, 5.74) is 0. The summed E-state index contributed by atoms with van der Waals surface area (Å²) < 4.78 is 5.03. The molecule has 15 heavy (non-hydrogen) atoms. The molecular weight excluding hydrogens is 196 g/mol. The van der Waals surface area contributed by atoms with Crippen LogP contribution in [0.2, 0.25) is 0 Å². The zero-order valence-electron chi connectivity index (χ0n) is 8.38. The van der Waals surface area contributed by atoms with Gasteiger partial charge in [0.05, 0.1) is 11.8 Å². The topological polar surface area (TPSA) is 76.2 Å². The van der Waals surface area contributed by atoms with Gasteiger partial charge in [-0.1, -0.05) is 17.3 Å². The second-order valence-electron chi connectivity index (χ2n) is 3.67. The van der Waals surface area contributed by atoms with Crippen LogP contribution >= 0.6 is 0 Å². The molecule has 0 saturated carbocycles. The third-order valence-corrected chi connectivity index (χ3v) is 2.61. The minimum atomic E-state index is -0.805. The van der Waals surface area contributed by atoms with Crippen molar-refractivity contribution in [2.24, 2.45) is 5.92 Å². The molecule has 2 rings (SSSR count). The molecule has 5 heteroatoms. The van der Waals surface area contributed by atoms with E-state index in [9.17, 15) is 4.79 Å². The number of aryl methyl sites for hydroxylation is 1. The first-order valence-electron chi connectivity index (χ1n) is 4.86. The van der Waals surface area contributed by atoms with Crippen molar-refractivity contribution in [2.45, 2.75) is 25.7 Å². The summed E-state index contributed by atoms with van der Waals surface area (Å²) in [6, 6.07) is 0. The smallest absolute Gasteiger partial charge is 0.307 e. The predicted octanol–water partition coefficient (Wildman–Crippen LogP) is 1.51. The van der Waals surface area contributed by atoms with Crippen LogP contribution in [0.25, 0.3) is 0 Å². The van der Waals surface area contributed by atoms with Gasteiger partial charge in [0, 0.05) is 0 Å². The van der Waals surface area contributed by atoms with Gasteiger partial charge < -0.3 is 9.63 Å². The molecule has 0 spiro atoms. The first-order chi connectivity index (χ1) is 7.18. The summed E-state index contributed by atoms with van der Waals surface area (Å²) in [5, 5.41) is 12.7. The van der Waals surface area contributed by atoms with Crippen LogP contribution in [0, 0.1) is 12.8 Å². The third-order valence-electron chi connectivity index (χ3n) is 2.61. The molecule has 0 fully saturated rings. The number of carbonyl (C=O) groups is 1. The van der Waals surface area contributed by atoms with Gasteiger partial charge >= 0.3 is 5.97 Å². The Labute approximate surface area is 86.8 Å². The second-order valence-corrected chi connectivity index (χ2v) is 3.67. The van der Waals surface area contributed by atoms with Crippen molar-refractivity contribution in [2.75, 3.05) is 0 Å².